The van der Waals surface area contributed by atoms with E-state index in [0.717, 1.165) is 17.1 Å². The van der Waals surface area contributed by atoms with Gasteiger partial charge in [0.25, 0.3) is 0 Å². The molecule has 0 N–H and O–H groups in total. The van der Waals surface area contributed by atoms with E-state index >= 15 is 0 Å². The Morgan fingerprint density at radius 1 is 1.40 bits per heavy atom. The number of rotatable bonds is 5. The van der Waals surface area contributed by atoms with Gasteiger partial charge in [0.2, 0.25) is 0 Å². The van der Waals surface area contributed by atoms with Crippen LogP contribution in [0.15, 0.2) is 17.2 Å². The number of pyridine rings is 1. The van der Waals surface area contributed by atoms with E-state index in [2.05, 4.69) is 18.0 Å². The average molecular weight is 220 g/mol. The molecular formula is C12H16N2S. The highest BCUT2D eigenvalue weighted by Gasteiger charge is 2.03. The van der Waals surface area contributed by atoms with Gasteiger partial charge in [-0.05, 0) is 31.2 Å². The molecule has 0 amide bonds. The van der Waals surface area contributed by atoms with Crippen LogP contribution in [-0.4, -0.2) is 11.2 Å². The number of unbranched alkanes of at least 4 members (excludes halogenated alkanes) is 2. The zero-order valence-corrected chi connectivity index (χ0v) is 10.1. The summed E-state index contributed by atoms with van der Waals surface area (Å²) in [4.78, 5) is 4.47. The second-order valence-electron chi connectivity index (χ2n) is 3.43. The van der Waals surface area contributed by atoms with E-state index in [4.69, 9.17) is 5.26 Å². The Bertz CT molecular complexity index is 355. The maximum absolute atomic E-state index is 8.85. The van der Waals surface area contributed by atoms with Crippen molar-refractivity contribution in [3.8, 4) is 6.07 Å². The van der Waals surface area contributed by atoms with Crippen molar-refractivity contribution in [1.82, 2.24) is 4.98 Å². The van der Waals surface area contributed by atoms with Gasteiger partial charge in [-0.15, -0.1) is 11.8 Å². The summed E-state index contributed by atoms with van der Waals surface area (Å²) in [6, 6.07) is 6.00. The van der Waals surface area contributed by atoms with Crippen LogP contribution in [-0.2, 0) is 6.42 Å². The molecule has 0 saturated heterocycles. The fraction of sp³-hybridized carbons (Fsp3) is 0.500. The van der Waals surface area contributed by atoms with Crippen molar-refractivity contribution in [2.45, 2.75) is 37.6 Å². The molecule has 15 heavy (non-hydrogen) atoms. The van der Waals surface area contributed by atoms with Crippen LogP contribution in [0.1, 0.15) is 37.4 Å². The molecule has 3 heteroatoms. The summed E-state index contributed by atoms with van der Waals surface area (Å²) in [7, 11) is 0. The van der Waals surface area contributed by atoms with Gasteiger partial charge in [-0.3, -0.25) is 0 Å². The lowest BCUT2D eigenvalue weighted by molar-refractivity contribution is 0.703. The van der Waals surface area contributed by atoms with Gasteiger partial charge >= 0.3 is 0 Å². The highest BCUT2D eigenvalue weighted by molar-refractivity contribution is 7.98. The molecule has 0 aliphatic rings. The lowest BCUT2D eigenvalue weighted by Gasteiger charge is -2.03. The van der Waals surface area contributed by atoms with E-state index in [0.29, 0.717) is 5.56 Å². The maximum Gasteiger partial charge on any atom is 0.114 e. The molecule has 1 heterocycles. The van der Waals surface area contributed by atoms with E-state index in [-0.39, 0.29) is 0 Å². The van der Waals surface area contributed by atoms with Crippen LogP contribution in [0.3, 0.4) is 0 Å². The highest BCUT2D eigenvalue weighted by Crippen LogP contribution is 2.18. The van der Waals surface area contributed by atoms with E-state index in [1.165, 1.54) is 31.0 Å². The molecule has 0 saturated carbocycles. The molecule has 1 rings (SSSR count). The van der Waals surface area contributed by atoms with E-state index in [1.54, 1.807) is 0 Å². The summed E-state index contributed by atoms with van der Waals surface area (Å²) in [6.07, 6.45) is 6.64. The minimum atomic E-state index is 0.682. The number of aryl methyl sites for hydroxylation is 1. The molecule has 0 atom stereocenters. The van der Waals surface area contributed by atoms with Gasteiger partial charge in [0.05, 0.1) is 5.56 Å². The molecule has 80 valence electrons. The standard InChI is InChI=1S/C12H16N2S/c1-3-4-5-6-11-8-7-10(9-13)12(14-11)15-2/h7-8H,3-6H2,1-2H3. The summed E-state index contributed by atoms with van der Waals surface area (Å²) >= 11 is 1.54. The van der Waals surface area contributed by atoms with Gasteiger partial charge in [0.15, 0.2) is 0 Å². The van der Waals surface area contributed by atoms with Crippen molar-refractivity contribution in [1.29, 1.82) is 5.26 Å². The monoisotopic (exact) mass is 220 g/mol. The molecule has 0 radical (unpaired) electrons. The molecule has 1 aromatic rings. The summed E-state index contributed by atoms with van der Waals surface area (Å²) in [6.45, 7) is 2.19. The van der Waals surface area contributed by atoms with Crippen molar-refractivity contribution >= 4 is 11.8 Å². The number of nitrogens with zero attached hydrogens (tertiary/aromatic N) is 2. The zero-order valence-electron chi connectivity index (χ0n) is 9.29. The van der Waals surface area contributed by atoms with Crippen LogP contribution in [0.5, 0.6) is 0 Å². The number of aromatic nitrogens is 1. The van der Waals surface area contributed by atoms with Gasteiger partial charge < -0.3 is 0 Å². The molecule has 0 fully saturated rings. The molecule has 0 aliphatic heterocycles. The average Bonchev–Trinajstić information content (AvgIpc) is 2.29. The van der Waals surface area contributed by atoms with Crippen LogP contribution in [0.25, 0.3) is 0 Å². The maximum atomic E-state index is 8.85. The fourth-order valence-corrected chi connectivity index (χ4v) is 1.96. The molecule has 0 aromatic carbocycles. The minimum absolute atomic E-state index is 0.682. The van der Waals surface area contributed by atoms with Crippen molar-refractivity contribution in [2.75, 3.05) is 6.26 Å². The summed E-state index contributed by atoms with van der Waals surface area (Å²) < 4.78 is 0. The Kier molecular flexibility index (Phi) is 5.20. The smallest absolute Gasteiger partial charge is 0.114 e. The Morgan fingerprint density at radius 2 is 2.20 bits per heavy atom. The quantitative estimate of drug-likeness (QED) is 0.563. The van der Waals surface area contributed by atoms with Crippen LogP contribution in [0.2, 0.25) is 0 Å². The van der Waals surface area contributed by atoms with E-state index in [9.17, 15) is 0 Å². The van der Waals surface area contributed by atoms with Gasteiger partial charge in [0.1, 0.15) is 11.1 Å². The Balaban J connectivity index is 2.71. The second kappa shape index (κ2) is 6.47. The lowest BCUT2D eigenvalue weighted by Crippen LogP contribution is -1.94. The summed E-state index contributed by atoms with van der Waals surface area (Å²) in [5.74, 6) is 0. The molecule has 0 spiro atoms. The normalized spacial score (nSPS) is 9.93. The number of hydrogen-bond acceptors (Lipinski definition) is 3. The molecular weight excluding hydrogens is 204 g/mol. The number of hydrogen-bond donors (Lipinski definition) is 0. The third-order valence-electron chi connectivity index (χ3n) is 2.27. The first-order valence-corrected chi connectivity index (χ1v) is 6.48. The number of nitriles is 1. The molecule has 1 aromatic heterocycles. The van der Waals surface area contributed by atoms with Gasteiger partial charge in [-0.1, -0.05) is 19.8 Å². The first kappa shape index (κ1) is 12.1. The minimum Gasteiger partial charge on any atom is -0.245 e. The third-order valence-corrected chi connectivity index (χ3v) is 2.97. The van der Waals surface area contributed by atoms with Crippen molar-refractivity contribution < 1.29 is 0 Å². The Hall–Kier alpha value is -1.01. The molecule has 0 bridgehead atoms. The van der Waals surface area contributed by atoms with Crippen LogP contribution >= 0.6 is 11.8 Å². The first-order chi connectivity index (χ1) is 7.31. The topological polar surface area (TPSA) is 36.7 Å². The van der Waals surface area contributed by atoms with Crippen molar-refractivity contribution in [3.63, 3.8) is 0 Å². The molecule has 0 aliphatic carbocycles. The number of thioether (sulfide) groups is 1. The van der Waals surface area contributed by atoms with Crippen LogP contribution in [0, 0.1) is 11.3 Å². The van der Waals surface area contributed by atoms with Crippen LogP contribution < -0.4 is 0 Å². The van der Waals surface area contributed by atoms with Gasteiger partial charge in [-0.2, -0.15) is 5.26 Å². The highest BCUT2D eigenvalue weighted by atomic mass is 32.2. The van der Waals surface area contributed by atoms with Gasteiger partial charge in [-0.25, -0.2) is 4.98 Å². The zero-order chi connectivity index (χ0) is 11.1. The van der Waals surface area contributed by atoms with Crippen molar-refractivity contribution in [3.05, 3.63) is 23.4 Å². The van der Waals surface area contributed by atoms with E-state index < -0.39 is 0 Å². The Morgan fingerprint density at radius 3 is 2.80 bits per heavy atom. The second-order valence-corrected chi connectivity index (χ2v) is 4.22. The fourth-order valence-electron chi connectivity index (χ4n) is 1.41. The summed E-state index contributed by atoms with van der Waals surface area (Å²) in [5.41, 5.74) is 1.79. The predicted molar refractivity (Wildman–Crippen MR) is 64.0 cm³/mol. The van der Waals surface area contributed by atoms with Crippen LogP contribution in [0.4, 0.5) is 0 Å². The SMILES string of the molecule is CCCCCc1ccc(C#N)c(SC)n1. The largest absolute Gasteiger partial charge is 0.245 e. The summed E-state index contributed by atoms with van der Waals surface area (Å²) in [5, 5.41) is 9.70. The Labute approximate surface area is 95.7 Å². The predicted octanol–water partition coefficient (Wildman–Crippen LogP) is 3.41. The first-order valence-electron chi connectivity index (χ1n) is 5.25. The third kappa shape index (κ3) is 3.56. The van der Waals surface area contributed by atoms with Gasteiger partial charge in [0, 0.05) is 5.69 Å². The van der Waals surface area contributed by atoms with Crippen molar-refractivity contribution in [2.24, 2.45) is 0 Å². The molecule has 0 unspecified atom stereocenters. The lowest BCUT2D eigenvalue weighted by atomic mass is 10.1. The van der Waals surface area contributed by atoms with E-state index in [1.807, 2.05) is 18.4 Å². The molecule has 2 nitrogen and oxygen atoms in total.